The second kappa shape index (κ2) is 7.68. The van der Waals surface area contributed by atoms with E-state index in [1.165, 1.54) is 18.8 Å². The summed E-state index contributed by atoms with van der Waals surface area (Å²) in [6, 6.07) is 8.56. The number of carbonyl (C=O) groups is 1. The Bertz CT molecular complexity index is 954. The first-order chi connectivity index (χ1) is 12.2. The van der Waals surface area contributed by atoms with Crippen molar-refractivity contribution in [2.24, 2.45) is 0 Å². The van der Waals surface area contributed by atoms with E-state index in [4.69, 9.17) is 5.26 Å². The van der Waals surface area contributed by atoms with Gasteiger partial charge in [-0.1, -0.05) is 0 Å². The molecule has 0 radical (unpaired) electrons. The third-order valence-corrected chi connectivity index (χ3v) is 5.97. The number of nitrogens with zero attached hydrogens (tertiary/aromatic N) is 4. The lowest BCUT2D eigenvalue weighted by molar-refractivity contribution is -0.116. The van der Waals surface area contributed by atoms with Crippen LogP contribution in [0.1, 0.15) is 23.4 Å². The van der Waals surface area contributed by atoms with Crippen molar-refractivity contribution in [2.45, 2.75) is 31.7 Å². The number of rotatable bonds is 6. The number of hydrogen-bond donors (Lipinski definition) is 1. The van der Waals surface area contributed by atoms with E-state index in [9.17, 15) is 13.2 Å². The van der Waals surface area contributed by atoms with Gasteiger partial charge in [-0.25, -0.2) is 12.7 Å². The summed E-state index contributed by atoms with van der Waals surface area (Å²) < 4.78 is 27.5. The van der Waals surface area contributed by atoms with E-state index in [0.29, 0.717) is 22.6 Å². The molecule has 1 amide bonds. The highest BCUT2D eigenvalue weighted by Gasteiger charge is 2.26. The smallest absolute Gasteiger partial charge is 0.246 e. The van der Waals surface area contributed by atoms with Gasteiger partial charge in [-0.15, -0.1) is 0 Å². The number of nitriles is 1. The normalized spacial score (nSPS) is 11.4. The Kier molecular flexibility index (Phi) is 5.79. The first kappa shape index (κ1) is 19.6. The maximum Gasteiger partial charge on any atom is 0.246 e. The van der Waals surface area contributed by atoms with Gasteiger partial charge in [-0.05, 0) is 38.1 Å². The molecule has 0 bridgehead atoms. The van der Waals surface area contributed by atoms with Crippen LogP contribution in [0, 0.1) is 25.2 Å². The van der Waals surface area contributed by atoms with Crippen LogP contribution in [0.2, 0.25) is 0 Å². The Labute approximate surface area is 153 Å². The fourth-order valence-electron chi connectivity index (χ4n) is 2.51. The van der Waals surface area contributed by atoms with Crippen molar-refractivity contribution in [1.29, 1.82) is 5.26 Å². The molecular formula is C17H21N5O3S. The van der Waals surface area contributed by atoms with Crippen molar-refractivity contribution in [1.82, 2.24) is 14.1 Å². The summed E-state index contributed by atoms with van der Waals surface area (Å²) in [4.78, 5) is 12.3. The molecule has 1 heterocycles. The van der Waals surface area contributed by atoms with Crippen LogP contribution in [0.3, 0.4) is 0 Å². The maximum atomic E-state index is 12.4. The molecule has 26 heavy (non-hydrogen) atoms. The van der Waals surface area contributed by atoms with E-state index in [1.54, 1.807) is 38.1 Å². The summed E-state index contributed by atoms with van der Waals surface area (Å²) in [6.07, 6.45) is 0.142. The van der Waals surface area contributed by atoms with Gasteiger partial charge in [0, 0.05) is 26.2 Å². The van der Waals surface area contributed by atoms with E-state index >= 15 is 0 Å². The van der Waals surface area contributed by atoms with Crippen LogP contribution < -0.4 is 5.32 Å². The zero-order valence-electron chi connectivity index (χ0n) is 15.1. The third kappa shape index (κ3) is 4.09. The van der Waals surface area contributed by atoms with E-state index < -0.39 is 10.0 Å². The average Bonchev–Trinajstić information content (AvgIpc) is 2.87. The van der Waals surface area contributed by atoms with Gasteiger partial charge in [0.1, 0.15) is 4.90 Å². The van der Waals surface area contributed by atoms with Gasteiger partial charge in [0.25, 0.3) is 0 Å². The fourth-order valence-corrected chi connectivity index (χ4v) is 3.77. The van der Waals surface area contributed by atoms with Crippen LogP contribution in [0.5, 0.6) is 0 Å². The minimum Gasteiger partial charge on any atom is -0.326 e. The Balaban J connectivity index is 2.08. The molecule has 1 aromatic carbocycles. The summed E-state index contributed by atoms with van der Waals surface area (Å²) in [5.74, 6) is -0.223. The predicted molar refractivity (Wildman–Crippen MR) is 97.0 cm³/mol. The molecule has 1 aromatic heterocycles. The summed E-state index contributed by atoms with van der Waals surface area (Å²) in [7, 11) is -0.650. The lowest BCUT2D eigenvalue weighted by atomic mass is 10.2. The van der Waals surface area contributed by atoms with Crippen LogP contribution in [0.15, 0.2) is 29.2 Å². The molecule has 0 aliphatic carbocycles. The Morgan fingerprint density at radius 3 is 2.42 bits per heavy atom. The highest BCUT2D eigenvalue weighted by molar-refractivity contribution is 7.89. The van der Waals surface area contributed by atoms with Crippen molar-refractivity contribution < 1.29 is 13.2 Å². The van der Waals surface area contributed by atoms with Crippen LogP contribution in [-0.2, 0) is 21.4 Å². The monoisotopic (exact) mass is 375 g/mol. The molecule has 0 saturated heterocycles. The van der Waals surface area contributed by atoms with Gasteiger partial charge in [0.05, 0.1) is 29.6 Å². The van der Waals surface area contributed by atoms with E-state index in [0.717, 1.165) is 4.31 Å². The zero-order valence-corrected chi connectivity index (χ0v) is 16.0. The summed E-state index contributed by atoms with van der Waals surface area (Å²) >= 11 is 0. The molecule has 9 heteroatoms. The molecule has 0 aliphatic heterocycles. The maximum absolute atomic E-state index is 12.4. The number of aryl methyl sites for hydroxylation is 2. The van der Waals surface area contributed by atoms with Crippen molar-refractivity contribution >= 4 is 21.6 Å². The molecule has 0 fully saturated rings. The van der Waals surface area contributed by atoms with Gasteiger partial charge in [-0.3, -0.25) is 9.48 Å². The second-order valence-corrected chi connectivity index (χ2v) is 8.09. The standard InChI is InChI=1S/C17H21N5O3S/c1-12-17(26(24,25)21(3)4)13(2)22(20-12)10-9-16(23)19-15-7-5-14(11-18)6-8-15/h5-8H,9-10H2,1-4H3,(H,19,23). The lowest BCUT2D eigenvalue weighted by Gasteiger charge is -2.11. The zero-order chi connectivity index (χ0) is 19.5. The molecule has 0 saturated carbocycles. The molecule has 0 unspecified atom stereocenters. The van der Waals surface area contributed by atoms with Crippen LogP contribution in [0.25, 0.3) is 0 Å². The molecule has 2 rings (SSSR count). The van der Waals surface area contributed by atoms with Gasteiger partial charge in [-0.2, -0.15) is 10.4 Å². The number of amides is 1. The first-order valence-corrected chi connectivity index (χ1v) is 9.37. The summed E-state index contributed by atoms with van der Waals surface area (Å²) in [5.41, 5.74) is 2.02. The molecule has 8 nitrogen and oxygen atoms in total. The predicted octanol–water partition coefficient (Wildman–Crippen LogP) is 1.65. The topological polar surface area (TPSA) is 108 Å². The number of nitrogens with one attached hydrogen (secondary N) is 1. The van der Waals surface area contributed by atoms with E-state index in [1.807, 2.05) is 6.07 Å². The molecule has 138 valence electrons. The molecule has 0 aliphatic rings. The molecule has 2 aromatic rings. The minimum atomic E-state index is -3.59. The van der Waals surface area contributed by atoms with Crippen LogP contribution >= 0.6 is 0 Å². The number of sulfonamides is 1. The third-order valence-electron chi connectivity index (χ3n) is 3.90. The summed E-state index contributed by atoms with van der Waals surface area (Å²) in [6.45, 7) is 3.57. The van der Waals surface area contributed by atoms with Crippen molar-refractivity contribution in [3.63, 3.8) is 0 Å². The molecule has 0 spiro atoms. The number of carbonyl (C=O) groups excluding carboxylic acids is 1. The average molecular weight is 375 g/mol. The second-order valence-electron chi connectivity index (χ2n) is 6.00. The van der Waals surface area contributed by atoms with Gasteiger partial charge in [0.15, 0.2) is 0 Å². The Morgan fingerprint density at radius 2 is 1.88 bits per heavy atom. The van der Waals surface area contributed by atoms with Crippen molar-refractivity contribution in [3.05, 3.63) is 41.2 Å². The number of anilines is 1. The number of hydrogen-bond acceptors (Lipinski definition) is 5. The Hall–Kier alpha value is -2.70. The molecular weight excluding hydrogens is 354 g/mol. The van der Waals surface area contributed by atoms with Crippen LogP contribution in [0.4, 0.5) is 5.69 Å². The summed E-state index contributed by atoms with van der Waals surface area (Å²) in [5, 5.41) is 15.8. The SMILES string of the molecule is Cc1nn(CCC(=O)Nc2ccc(C#N)cc2)c(C)c1S(=O)(=O)N(C)C. The van der Waals surface area contributed by atoms with Gasteiger partial charge in [0.2, 0.25) is 15.9 Å². The molecule has 1 N–H and O–H groups in total. The quantitative estimate of drug-likeness (QED) is 0.826. The van der Waals surface area contributed by atoms with E-state index in [-0.39, 0.29) is 23.8 Å². The van der Waals surface area contributed by atoms with Gasteiger partial charge >= 0.3 is 0 Å². The number of aromatic nitrogens is 2. The van der Waals surface area contributed by atoms with Crippen LogP contribution in [-0.4, -0.2) is 42.5 Å². The minimum absolute atomic E-state index is 0.142. The first-order valence-electron chi connectivity index (χ1n) is 7.93. The van der Waals surface area contributed by atoms with Gasteiger partial charge < -0.3 is 5.32 Å². The highest BCUT2D eigenvalue weighted by atomic mass is 32.2. The Morgan fingerprint density at radius 1 is 1.27 bits per heavy atom. The van der Waals surface area contributed by atoms with Crippen molar-refractivity contribution in [2.75, 3.05) is 19.4 Å². The van der Waals surface area contributed by atoms with E-state index in [2.05, 4.69) is 10.4 Å². The molecule has 0 atom stereocenters. The number of benzene rings is 1. The largest absolute Gasteiger partial charge is 0.326 e. The van der Waals surface area contributed by atoms with Crippen molar-refractivity contribution in [3.8, 4) is 6.07 Å². The highest BCUT2D eigenvalue weighted by Crippen LogP contribution is 2.22. The fraction of sp³-hybridized carbons (Fsp3) is 0.353. The lowest BCUT2D eigenvalue weighted by Crippen LogP contribution is -2.23.